The van der Waals surface area contributed by atoms with E-state index in [-0.39, 0.29) is 5.13 Å². The zero-order valence-electron chi connectivity index (χ0n) is 8.63. The fourth-order valence-corrected chi connectivity index (χ4v) is 1.36. The molecule has 0 spiro atoms. The summed E-state index contributed by atoms with van der Waals surface area (Å²) >= 11 is 1.14. The van der Waals surface area contributed by atoms with Crippen molar-refractivity contribution in [1.29, 1.82) is 0 Å². The van der Waals surface area contributed by atoms with Gasteiger partial charge in [-0.3, -0.25) is 15.4 Å². The lowest BCUT2D eigenvalue weighted by Crippen LogP contribution is -2.33. The number of hydrogen-bond acceptors (Lipinski definition) is 6. The van der Waals surface area contributed by atoms with Gasteiger partial charge in [0.1, 0.15) is 5.01 Å². The number of urea groups is 1. The van der Waals surface area contributed by atoms with Crippen LogP contribution in [0.15, 0.2) is 12.2 Å². The van der Waals surface area contributed by atoms with Crippen LogP contribution in [-0.2, 0) is 9.59 Å². The molecule has 9 heteroatoms. The lowest BCUT2D eigenvalue weighted by atomic mass is 10.5. The molecule has 8 nitrogen and oxygen atoms in total. The molecule has 0 fully saturated rings. The van der Waals surface area contributed by atoms with Gasteiger partial charge in [0.2, 0.25) is 5.13 Å². The number of carbonyl (C=O) groups excluding carboxylic acids is 2. The van der Waals surface area contributed by atoms with E-state index in [0.29, 0.717) is 11.1 Å². The number of aryl methyl sites for hydroxylation is 1. The van der Waals surface area contributed by atoms with Gasteiger partial charge in [-0.05, 0) is 6.92 Å². The number of amides is 3. The molecule has 0 saturated heterocycles. The number of anilines is 1. The van der Waals surface area contributed by atoms with Crippen LogP contribution < -0.4 is 10.6 Å². The molecule has 0 atom stereocenters. The fourth-order valence-electron chi connectivity index (χ4n) is 0.776. The van der Waals surface area contributed by atoms with Gasteiger partial charge in [0.25, 0.3) is 5.91 Å². The zero-order chi connectivity index (χ0) is 12.8. The number of aromatic nitrogens is 2. The second kappa shape index (κ2) is 5.70. The maximum atomic E-state index is 11.2. The van der Waals surface area contributed by atoms with Crippen LogP contribution in [-0.4, -0.2) is 33.2 Å². The van der Waals surface area contributed by atoms with Crippen LogP contribution in [0.4, 0.5) is 9.93 Å². The molecular formula is C8H8N4O4S. The van der Waals surface area contributed by atoms with E-state index in [2.05, 4.69) is 15.5 Å². The molecule has 1 rings (SSSR count). The Labute approximate surface area is 99.4 Å². The maximum absolute atomic E-state index is 11.2. The minimum Gasteiger partial charge on any atom is -0.478 e. The van der Waals surface area contributed by atoms with Crippen molar-refractivity contribution in [3.63, 3.8) is 0 Å². The Morgan fingerprint density at radius 1 is 1.29 bits per heavy atom. The molecule has 1 aromatic heterocycles. The summed E-state index contributed by atoms with van der Waals surface area (Å²) in [5, 5.41) is 20.6. The van der Waals surface area contributed by atoms with E-state index in [4.69, 9.17) is 5.11 Å². The third kappa shape index (κ3) is 4.84. The molecule has 0 bridgehead atoms. The normalized spacial score (nSPS) is 10.2. The summed E-state index contributed by atoms with van der Waals surface area (Å²) in [4.78, 5) is 32.3. The van der Waals surface area contributed by atoms with Crippen molar-refractivity contribution in [2.75, 3.05) is 5.32 Å². The van der Waals surface area contributed by atoms with Gasteiger partial charge >= 0.3 is 12.0 Å². The van der Waals surface area contributed by atoms with E-state index in [1.54, 1.807) is 6.92 Å². The largest absolute Gasteiger partial charge is 0.478 e. The summed E-state index contributed by atoms with van der Waals surface area (Å²) < 4.78 is 0. The molecule has 0 aliphatic rings. The standard InChI is InChI=1S/C8H8N4O4S/c1-4-11-12-8(17-4)10-7(16)9-5(13)2-3-6(14)15/h2-3H,1H3,(H,14,15)(H2,9,10,12,13,16)/b3-2+. The third-order valence-corrected chi connectivity index (χ3v) is 2.11. The predicted octanol–water partition coefficient (Wildman–Crippen LogP) is 0.135. The van der Waals surface area contributed by atoms with Crippen molar-refractivity contribution in [2.24, 2.45) is 0 Å². The van der Waals surface area contributed by atoms with Gasteiger partial charge in [0.05, 0.1) is 0 Å². The molecular weight excluding hydrogens is 248 g/mol. The topological polar surface area (TPSA) is 121 Å². The summed E-state index contributed by atoms with van der Waals surface area (Å²) in [6, 6.07) is -0.804. The van der Waals surface area contributed by atoms with Gasteiger partial charge in [-0.1, -0.05) is 11.3 Å². The van der Waals surface area contributed by atoms with Gasteiger partial charge in [-0.2, -0.15) is 0 Å². The SMILES string of the molecule is Cc1nnc(NC(=O)NC(=O)/C=C/C(=O)O)s1. The Bertz CT molecular complexity index is 482. The van der Waals surface area contributed by atoms with Crippen molar-refractivity contribution in [2.45, 2.75) is 6.92 Å². The van der Waals surface area contributed by atoms with Gasteiger partial charge in [-0.25, -0.2) is 9.59 Å². The van der Waals surface area contributed by atoms with Crippen LogP contribution >= 0.6 is 11.3 Å². The quantitative estimate of drug-likeness (QED) is 0.661. The Balaban J connectivity index is 2.45. The van der Waals surface area contributed by atoms with Crippen molar-refractivity contribution in [3.8, 4) is 0 Å². The number of carboxylic acids is 1. The summed E-state index contributed by atoms with van der Waals surface area (Å²) in [5.41, 5.74) is 0. The number of carbonyl (C=O) groups is 3. The Morgan fingerprint density at radius 3 is 2.53 bits per heavy atom. The number of carboxylic acid groups (broad SMARTS) is 1. The van der Waals surface area contributed by atoms with E-state index in [1.165, 1.54) is 0 Å². The van der Waals surface area contributed by atoms with Crippen LogP contribution in [0.5, 0.6) is 0 Å². The number of aliphatic carboxylic acids is 1. The highest BCUT2D eigenvalue weighted by molar-refractivity contribution is 7.15. The minimum atomic E-state index is -1.28. The van der Waals surface area contributed by atoms with E-state index in [0.717, 1.165) is 17.4 Å². The van der Waals surface area contributed by atoms with E-state index < -0.39 is 17.9 Å². The number of hydrogen-bond donors (Lipinski definition) is 3. The smallest absolute Gasteiger partial charge is 0.328 e. The van der Waals surface area contributed by atoms with Gasteiger partial charge in [0, 0.05) is 12.2 Å². The van der Waals surface area contributed by atoms with Crippen molar-refractivity contribution < 1.29 is 19.5 Å². The first-order valence-corrected chi connectivity index (χ1v) is 5.12. The van der Waals surface area contributed by atoms with Crippen LogP contribution in [0, 0.1) is 6.92 Å². The maximum Gasteiger partial charge on any atom is 0.328 e. The molecule has 0 aliphatic carbocycles. The minimum absolute atomic E-state index is 0.245. The number of nitrogens with zero attached hydrogens (tertiary/aromatic N) is 2. The molecule has 3 amide bonds. The van der Waals surface area contributed by atoms with Crippen LogP contribution in [0.1, 0.15) is 5.01 Å². The first-order chi connectivity index (χ1) is 7.97. The monoisotopic (exact) mass is 256 g/mol. The Morgan fingerprint density at radius 2 is 2.00 bits per heavy atom. The molecule has 90 valence electrons. The number of nitrogens with one attached hydrogen (secondary N) is 2. The summed E-state index contributed by atoms with van der Waals surface area (Å²) in [5.74, 6) is -2.12. The van der Waals surface area contributed by atoms with Crippen molar-refractivity contribution >= 4 is 34.4 Å². The lowest BCUT2D eigenvalue weighted by molar-refractivity contribution is -0.131. The highest BCUT2D eigenvalue weighted by Crippen LogP contribution is 2.12. The van der Waals surface area contributed by atoms with Gasteiger partial charge in [-0.15, -0.1) is 10.2 Å². The van der Waals surface area contributed by atoms with E-state index in [1.807, 2.05) is 5.32 Å². The van der Waals surface area contributed by atoms with Crippen molar-refractivity contribution in [1.82, 2.24) is 15.5 Å². The molecule has 17 heavy (non-hydrogen) atoms. The van der Waals surface area contributed by atoms with Gasteiger partial charge in [0.15, 0.2) is 0 Å². The second-order valence-corrected chi connectivity index (χ2v) is 3.92. The molecule has 0 aliphatic heterocycles. The molecule has 1 aromatic rings. The zero-order valence-corrected chi connectivity index (χ0v) is 9.45. The van der Waals surface area contributed by atoms with E-state index in [9.17, 15) is 14.4 Å². The van der Waals surface area contributed by atoms with Crippen LogP contribution in [0.25, 0.3) is 0 Å². The molecule has 0 aromatic carbocycles. The highest BCUT2D eigenvalue weighted by atomic mass is 32.1. The summed E-state index contributed by atoms with van der Waals surface area (Å²) in [6.07, 6.45) is 1.35. The second-order valence-electron chi connectivity index (χ2n) is 2.74. The predicted molar refractivity (Wildman–Crippen MR) is 58.6 cm³/mol. The van der Waals surface area contributed by atoms with Crippen LogP contribution in [0.3, 0.4) is 0 Å². The summed E-state index contributed by atoms with van der Waals surface area (Å²) in [7, 11) is 0. The average Bonchev–Trinajstić information content (AvgIpc) is 2.60. The molecule has 1 heterocycles. The molecule has 0 radical (unpaired) electrons. The number of imide groups is 1. The van der Waals surface area contributed by atoms with Gasteiger partial charge < -0.3 is 5.11 Å². The highest BCUT2D eigenvalue weighted by Gasteiger charge is 2.08. The summed E-state index contributed by atoms with van der Waals surface area (Å²) in [6.45, 7) is 1.71. The molecule has 3 N–H and O–H groups in total. The van der Waals surface area contributed by atoms with Crippen molar-refractivity contribution in [3.05, 3.63) is 17.2 Å². The first kappa shape index (κ1) is 12.8. The Hall–Kier alpha value is -2.29. The third-order valence-electron chi connectivity index (χ3n) is 1.36. The fraction of sp³-hybridized carbons (Fsp3) is 0.125. The molecule has 0 saturated carbocycles. The molecule has 0 unspecified atom stereocenters. The first-order valence-electron chi connectivity index (χ1n) is 4.30. The number of rotatable bonds is 3. The lowest BCUT2D eigenvalue weighted by Gasteiger charge is -1.99. The van der Waals surface area contributed by atoms with E-state index >= 15 is 0 Å². The average molecular weight is 256 g/mol. The Kier molecular flexibility index (Phi) is 4.29. The van der Waals surface area contributed by atoms with Crippen LogP contribution in [0.2, 0.25) is 0 Å².